The number of nitrogens with one attached hydrogen (secondary N) is 2. The molecule has 2 atom stereocenters. The fourth-order valence-electron chi connectivity index (χ4n) is 1.99. The van der Waals surface area contributed by atoms with E-state index in [-0.39, 0.29) is 6.42 Å². The highest BCUT2D eigenvalue weighted by molar-refractivity contribution is 5.91. The molecule has 0 radical (unpaired) electrons. The van der Waals surface area contributed by atoms with Gasteiger partial charge in [-0.15, -0.1) is 0 Å². The second-order valence-corrected chi connectivity index (χ2v) is 4.90. The van der Waals surface area contributed by atoms with Gasteiger partial charge in [-0.3, -0.25) is 9.59 Å². The van der Waals surface area contributed by atoms with Crippen molar-refractivity contribution in [1.29, 1.82) is 0 Å². The molecular weight excluding hydrogens is 302 g/mol. The van der Waals surface area contributed by atoms with Gasteiger partial charge < -0.3 is 26.6 Å². The molecule has 0 aliphatic carbocycles. The summed E-state index contributed by atoms with van der Waals surface area (Å²) in [4.78, 5) is 35.0. The summed E-state index contributed by atoms with van der Waals surface area (Å²) in [5.41, 5.74) is 5.83. The van der Waals surface area contributed by atoms with Gasteiger partial charge in [-0.05, 0) is 24.9 Å². The molecule has 0 saturated heterocycles. The molecule has 0 aliphatic heterocycles. The first-order valence-electron chi connectivity index (χ1n) is 7.18. The summed E-state index contributed by atoms with van der Waals surface area (Å²) >= 11 is 0. The Morgan fingerprint density at radius 1 is 1.13 bits per heavy atom. The van der Waals surface area contributed by atoms with Crippen molar-refractivity contribution in [2.45, 2.75) is 24.9 Å². The number of carbonyl (C=O) groups is 3. The molecule has 126 valence electrons. The molecule has 0 aliphatic rings. The lowest BCUT2D eigenvalue weighted by atomic mass is 10.0. The van der Waals surface area contributed by atoms with Crippen molar-refractivity contribution in [2.75, 3.05) is 13.2 Å². The van der Waals surface area contributed by atoms with Crippen LogP contribution >= 0.6 is 0 Å². The van der Waals surface area contributed by atoms with Gasteiger partial charge in [-0.25, -0.2) is 4.79 Å². The molecule has 0 unspecified atom stereocenters. The quantitative estimate of drug-likeness (QED) is 0.400. The Labute approximate surface area is 133 Å². The number of nitrogens with two attached hydrogens (primary N) is 1. The summed E-state index contributed by atoms with van der Waals surface area (Å²) in [5, 5.41) is 22.7. The van der Waals surface area contributed by atoms with Crippen LogP contribution in [0.5, 0.6) is 0 Å². The number of aliphatic carboxylic acids is 1. The number of aliphatic hydroxyl groups excluding tert-OH is 1. The summed E-state index contributed by atoms with van der Waals surface area (Å²) in [6.45, 7) is -0.463. The van der Waals surface area contributed by atoms with Crippen LogP contribution in [0.4, 0.5) is 0 Å². The average molecular weight is 323 g/mol. The van der Waals surface area contributed by atoms with Crippen molar-refractivity contribution < 1.29 is 24.6 Å². The van der Waals surface area contributed by atoms with Gasteiger partial charge in [0.2, 0.25) is 11.8 Å². The molecule has 6 N–H and O–H groups in total. The Hall–Kier alpha value is -2.45. The first-order chi connectivity index (χ1) is 11.0. The van der Waals surface area contributed by atoms with E-state index in [9.17, 15) is 14.4 Å². The summed E-state index contributed by atoms with van der Waals surface area (Å²) < 4.78 is 0. The zero-order chi connectivity index (χ0) is 17.2. The summed E-state index contributed by atoms with van der Waals surface area (Å²) in [5.74, 6) is -2.57. The number of carboxylic acids is 1. The van der Waals surface area contributed by atoms with E-state index in [2.05, 4.69) is 10.6 Å². The van der Waals surface area contributed by atoms with E-state index < -0.39 is 36.5 Å². The minimum absolute atomic E-state index is 0.188. The molecule has 8 nitrogen and oxygen atoms in total. The van der Waals surface area contributed by atoms with Crippen LogP contribution in [0.2, 0.25) is 0 Å². The Bertz CT molecular complexity index is 535. The number of hydrogen-bond acceptors (Lipinski definition) is 5. The maximum Gasteiger partial charge on any atom is 0.326 e. The van der Waals surface area contributed by atoms with Gasteiger partial charge in [0, 0.05) is 0 Å². The highest BCUT2D eigenvalue weighted by Crippen LogP contribution is 2.13. The third-order valence-electron chi connectivity index (χ3n) is 3.16. The van der Waals surface area contributed by atoms with Crippen LogP contribution in [-0.4, -0.2) is 47.2 Å². The van der Waals surface area contributed by atoms with E-state index in [0.717, 1.165) is 0 Å². The van der Waals surface area contributed by atoms with Crippen LogP contribution in [-0.2, 0) is 14.4 Å². The Morgan fingerprint density at radius 2 is 1.78 bits per heavy atom. The van der Waals surface area contributed by atoms with Crippen LogP contribution in [0.1, 0.15) is 24.4 Å². The van der Waals surface area contributed by atoms with Crippen LogP contribution in [0.15, 0.2) is 30.3 Å². The van der Waals surface area contributed by atoms with E-state index in [4.69, 9.17) is 15.9 Å². The first-order valence-corrected chi connectivity index (χ1v) is 7.18. The van der Waals surface area contributed by atoms with Crippen LogP contribution in [0.3, 0.4) is 0 Å². The van der Waals surface area contributed by atoms with E-state index >= 15 is 0 Å². The summed E-state index contributed by atoms with van der Waals surface area (Å²) in [6, 6.07) is 6.18. The number of carbonyl (C=O) groups excluding carboxylic acids is 2. The van der Waals surface area contributed by atoms with E-state index in [1.54, 1.807) is 30.3 Å². The molecule has 0 heterocycles. The van der Waals surface area contributed by atoms with Crippen molar-refractivity contribution in [3.05, 3.63) is 35.9 Å². The average Bonchev–Trinajstić information content (AvgIpc) is 2.56. The largest absolute Gasteiger partial charge is 0.480 e. The van der Waals surface area contributed by atoms with Gasteiger partial charge in [0.05, 0.1) is 0 Å². The minimum Gasteiger partial charge on any atom is -0.480 e. The number of aliphatic hydroxyl groups is 1. The van der Waals surface area contributed by atoms with Crippen LogP contribution in [0.25, 0.3) is 0 Å². The standard InChI is InChI=1S/C15H21N3O5/c16-8-4-7-11(15(22)23)17-14(21)13(18-12(20)9-19)10-5-2-1-3-6-10/h1-3,5-6,11,13,19H,4,7-9,16H2,(H,17,21)(H,18,20)(H,22,23)/t11-,13+/m0/s1. The smallest absolute Gasteiger partial charge is 0.326 e. The van der Waals surface area contributed by atoms with E-state index in [1.807, 2.05) is 0 Å². The lowest BCUT2D eigenvalue weighted by Gasteiger charge is -2.21. The van der Waals surface area contributed by atoms with E-state index in [0.29, 0.717) is 18.5 Å². The molecule has 0 bridgehead atoms. The maximum absolute atomic E-state index is 12.4. The summed E-state index contributed by atoms with van der Waals surface area (Å²) in [6.07, 6.45) is 0.628. The Balaban J connectivity index is 2.90. The molecular formula is C15H21N3O5. The maximum atomic E-state index is 12.4. The van der Waals surface area contributed by atoms with Crippen molar-refractivity contribution in [3.8, 4) is 0 Å². The number of hydrogen-bond donors (Lipinski definition) is 5. The third kappa shape index (κ3) is 6.05. The van der Waals surface area contributed by atoms with Crippen LogP contribution < -0.4 is 16.4 Å². The topological polar surface area (TPSA) is 142 Å². The van der Waals surface area contributed by atoms with Crippen LogP contribution in [0, 0.1) is 0 Å². The zero-order valence-corrected chi connectivity index (χ0v) is 12.6. The second-order valence-electron chi connectivity index (χ2n) is 4.90. The number of rotatable bonds is 9. The van der Waals surface area contributed by atoms with Gasteiger partial charge in [0.1, 0.15) is 18.7 Å². The normalized spacial score (nSPS) is 13.0. The fourth-order valence-corrected chi connectivity index (χ4v) is 1.99. The summed E-state index contributed by atoms with van der Waals surface area (Å²) in [7, 11) is 0. The molecule has 0 aromatic heterocycles. The van der Waals surface area contributed by atoms with Gasteiger partial charge in [0.25, 0.3) is 0 Å². The molecule has 1 rings (SSSR count). The number of amides is 2. The molecule has 0 fully saturated rings. The lowest BCUT2D eigenvalue weighted by Crippen LogP contribution is -2.47. The molecule has 23 heavy (non-hydrogen) atoms. The van der Waals surface area contributed by atoms with Crippen molar-refractivity contribution >= 4 is 17.8 Å². The van der Waals surface area contributed by atoms with Gasteiger partial charge in [-0.2, -0.15) is 0 Å². The Morgan fingerprint density at radius 3 is 2.30 bits per heavy atom. The zero-order valence-electron chi connectivity index (χ0n) is 12.6. The molecule has 8 heteroatoms. The monoisotopic (exact) mass is 323 g/mol. The van der Waals surface area contributed by atoms with Gasteiger partial charge >= 0.3 is 5.97 Å². The third-order valence-corrected chi connectivity index (χ3v) is 3.16. The van der Waals surface area contributed by atoms with Crippen molar-refractivity contribution in [2.24, 2.45) is 5.73 Å². The minimum atomic E-state index is -1.17. The Kier molecular flexibility index (Phi) is 7.72. The predicted molar refractivity (Wildman–Crippen MR) is 82.3 cm³/mol. The van der Waals surface area contributed by atoms with E-state index in [1.165, 1.54) is 0 Å². The van der Waals surface area contributed by atoms with Crippen molar-refractivity contribution in [3.63, 3.8) is 0 Å². The molecule has 2 amide bonds. The highest BCUT2D eigenvalue weighted by Gasteiger charge is 2.27. The SMILES string of the molecule is NCCC[C@H](NC(=O)[C@H](NC(=O)CO)c1ccccc1)C(=O)O. The molecule has 1 aromatic rings. The molecule has 0 spiro atoms. The van der Waals surface area contributed by atoms with Crippen molar-refractivity contribution in [1.82, 2.24) is 10.6 Å². The lowest BCUT2D eigenvalue weighted by molar-refractivity contribution is -0.142. The highest BCUT2D eigenvalue weighted by atomic mass is 16.4. The van der Waals surface area contributed by atoms with Gasteiger partial charge in [-0.1, -0.05) is 30.3 Å². The first kappa shape index (κ1) is 18.6. The number of benzene rings is 1. The van der Waals surface area contributed by atoms with Gasteiger partial charge in [0.15, 0.2) is 0 Å². The molecule has 0 saturated carbocycles. The number of carboxylic acid groups (broad SMARTS) is 1. The predicted octanol–water partition coefficient (Wildman–Crippen LogP) is -0.855. The fraction of sp³-hybridized carbons (Fsp3) is 0.400. The molecule has 1 aromatic carbocycles. The second kappa shape index (κ2) is 9.54.